The molecule has 94 valence electrons. The van der Waals surface area contributed by atoms with Crippen molar-refractivity contribution >= 4 is 0 Å². The topological polar surface area (TPSA) is 29.5 Å². The van der Waals surface area contributed by atoms with Crippen LogP contribution < -0.4 is 4.74 Å². The van der Waals surface area contributed by atoms with Crippen molar-refractivity contribution in [2.75, 3.05) is 6.61 Å². The van der Waals surface area contributed by atoms with Crippen molar-refractivity contribution in [2.24, 2.45) is 0 Å². The van der Waals surface area contributed by atoms with Gasteiger partial charge in [-0.3, -0.25) is 0 Å². The summed E-state index contributed by atoms with van der Waals surface area (Å²) in [7, 11) is 0. The van der Waals surface area contributed by atoms with E-state index < -0.39 is 11.9 Å². The minimum Gasteiger partial charge on any atom is -0.491 e. The molecule has 2 aromatic carbocycles. The van der Waals surface area contributed by atoms with Crippen LogP contribution in [0.4, 0.5) is 4.39 Å². The highest BCUT2D eigenvalue weighted by Gasteiger charge is 2.13. The van der Waals surface area contributed by atoms with Crippen LogP contribution in [0.5, 0.6) is 5.75 Å². The van der Waals surface area contributed by atoms with Crippen LogP contribution in [0.3, 0.4) is 0 Å². The van der Waals surface area contributed by atoms with Gasteiger partial charge in [-0.25, -0.2) is 4.39 Å². The molecule has 1 unspecified atom stereocenters. The van der Waals surface area contributed by atoms with Crippen molar-refractivity contribution in [3.05, 3.63) is 65.5 Å². The normalized spacial score (nSPS) is 12.2. The predicted molar refractivity (Wildman–Crippen MR) is 68.0 cm³/mol. The molecule has 18 heavy (non-hydrogen) atoms. The fourth-order valence-electron chi connectivity index (χ4n) is 1.70. The lowest BCUT2D eigenvalue weighted by molar-refractivity contribution is 0.105. The molecule has 0 saturated carbocycles. The number of benzene rings is 2. The van der Waals surface area contributed by atoms with Crippen LogP contribution in [0, 0.1) is 12.7 Å². The lowest BCUT2D eigenvalue weighted by atomic mass is 10.1. The molecule has 0 saturated heterocycles. The molecule has 2 nitrogen and oxygen atoms in total. The number of hydrogen-bond acceptors (Lipinski definition) is 2. The van der Waals surface area contributed by atoms with Crippen molar-refractivity contribution in [2.45, 2.75) is 13.0 Å². The van der Waals surface area contributed by atoms with E-state index in [1.165, 1.54) is 6.07 Å². The summed E-state index contributed by atoms with van der Waals surface area (Å²) in [4.78, 5) is 0. The number of aryl methyl sites for hydroxylation is 1. The van der Waals surface area contributed by atoms with Crippen molar-refractivity contribution < 1.29 is 14.2 Å². The Bertz CT molecular complexity index is 511. The van der Waals surface area contributed by atoms with Crippen molar-refractivity contribution in [1.82, 2.24) is 0 Å². The summed E-state index contributed by atoms with van der Waals surface area (Å²) >= 11 is 0. The van der Waals surface area contributed by atoms with Gasteiger partial charge >= 0.3 is 0 Å². The first-order valence-corrected chi connectivity index (χ1v) is 5.79. The zero-order chi connectivity index (χ0) is 13.0. The molecule has 2 rings (SSSR count). The lowest BCUT2D eigenvalue weighted by Gasteiger charge is -2.14. The van der Waals surface area contributed by atoms with Gasteiger partial charge in [0.2, 0.25) is 0 Å². The van der Waals surface area contributed by atoms with Crippen LogP contribution in [0.15, 0.2) is 48.5 Å². The monoisotopic (exact) mass is 246 g/mol. The van der Waals surface area contributed by atoms with Gasteiger partial charge in [0.25, 0.3) is 0 Å². The van der Waals surface area contributed by atoms with Crippen LogP contribution >= 0.6 is 0 Å². The predicted octanol–water partition coefficient (Wildman–Crippen LogP) is 3.25. The Labute approximate surface area is 106 Å². The van der Waals surface area contributed by atoms with E-state index >= 15 is 0 Å². The van der Waals surface area contributed by atoms with Crippen LogP contribution in [0.1, 0.15) is 17.2 Å². The molecule has 0 spiro atoms. The van der Waals surface area contributed by atoms with E-state index in [9.17, 15) is 9.50 Å². The Morgan fingerprint density at radius 1 is 1.17 bits per heavy atom. The first-order valence-electron chi connectivity index (χ1n) is 5.79. The molecule has 0 aliphatic rings. The van der Waals surface area contributed by atoms with Gasteiger partial charge in [-0.05, 0) is 25.1 Å². The average Bonchev–Trinajstić information content (AvgIpc) is 2.40. The van der Waals surface area contributed by atoms with E-state index in [1.807, 2.05) is 25.1 Å². The standard InChI is InChI=1S/C15H15FO2/c1-11-7-8-14(16)13(9-11)15(17)10-18-12-5-3-2-4-6-12/h2-9,15,17H,10H2,1H3. The van der Waals surface area contributed by atoms with Crippen LogP contribution in [-0.2, 0) is 0 Å². The molecule has 2 aromatic rings. The molecular formula is C15H15FO2. The Morgan fingerprint density at radius 3 is 2.61 bits per heavy atom. The van der Waals surface area contributed by atoms with Gasteiger partial charge in [0.1, 0.15) is 24.3 Å². The number of aliphatic hydroxyl groups is 1. The molecule has 0 bridgehead atoms. The molecule has 3 heteroatoms. The summed E-state index contributed by atoms with van der Waals surface area (Å²) < 4.78 is 18.9. The number of halogens is 1. The van der Waals surface area contributed by atoms with E-state index in [2.05, 4.69) is 0 Å². The zero-order valence-electron chi connectivity index (χ0n) is 10.1. The number of rotatable bonds is 4. The van der Waals surface area contributed by atoms with E-state index in [1.54, 1.807) is 24.3 Å². The first kappa shape index (κ1) is 12.6. The smallest absolute Gasteiger partial charge is 0.129 e. The Morgan fingerprint density at radius 2 is 1.89 bits per heavy atom. The maximum atomic E-state index is 13.5. The fourth-order valence-corrected chi connectivity index (χ4v) is 1.70. The molecule has 0 aromatic heterocycles. The van der Waals surface area contributed by atoms with E-state index in [0.29, 0.717) is 5.75 Å². The van der Waals surface area contributed by atoms with Crippen LogP contribution in [0.25, 0.3) is 0 Å². The molecule has 0 radical (unpaired) electrons. The van der Waals surface area contributed by atoms with Gasteiger partial charge < -0.3 is 9.84 Å². The SMILES string of the molecule is Cc1ccc(F)c(C(O)COc2ccccc2)c1. The van der Waals surface area contributed by atoms with Gasteiger partial charge in [-0.2, -0.15) is 0 Å². The quantitative estimate of drug-likeness (QED) is 0.897. The Kier molecular flexibility index (Phi) is 3.95. The van der Waals surface area contributed by atoms with Gasteiger partial charge in [0.15, 0.2) is 0 Å². The molecule has 0 aliphatic carbocycles. The second kappa shape index (κ2) is 5.65. The van der Waals surface area contributed by atoms with E-state index in [4.69, 9.17) is 4.74 Å². The van der Waals surface area contributed by atoms with Crippen molar-refractivity contribution in [3.8, 4) is 5.75 Å². The molecule has 1 atom stereocenters. The second-order valence-electron chi connectivity index (χ2n) is 4.16. The number of aliphatic hydroxyl groups excluding tert-OH is 1. The molecular weight excluding hydrogens is 231 g/mol. The maximum Gasteiger partial charge on any atom is 0.129 e. The zero-order valence-corrected chi connectivity index (χ0v) is 10.1. The second-order valence-corrected chi connectivity index (χ2v) is 4.16. The largest absolute Gasteiger partial charge is 0.491 e. The third-order valence-corrected chi connectivity index (χ3v) is 2.66. The molecule has 0 amide bonds. The summed E-state index contributed by atoms with van der Waals surface area (Å²) in [6.45, 7) is 1.89. The van der Waals surface area contributed by atoms with Gasteiger partial charge in [0, 0.05) is 5.56 Å². The minimum atomic E-state index is -0.967. The van der Waals surface area contributed by atoms with Crippen LogP contribution in [-0.4, -0.2) is 11.7 Å². The van der Waals surface area contributed by atoms with E-state index in [-0.39, 0.29) is 12.2 Å². The Hall–Kier alpha value is -1.87. The number of para-hydroxylation sites is 1. The van der Waals surface area contributed by atoms with Crippen molar-refractivity contribution in [1.29, 1.82) is 0 Å². The molecule has 0 aliphatic heterocycles. The summed E-state index contributed by atoms with van der Waals surface area (Å²) in [6, 6.07) is 13.8. The third-order valence-electron chi connectivity index (χ3n) is 2.66. The minimum absolute atomic E-state index is 0.0321. The summed E-state index contributed by atoms with van der Waals surface area (Å²) in [5.41, 5.74) is 1.18. The average molecular weight is 246 g/mol. The fraction of sp³-hybridized carbons (Fsp3) is 0.200. The highest BCUT2D eigenvalue weighted by molar-refractivity contribution is 5.26. The molecule has 0 fully saturated rings. The van der Waals surface area contributed by atoms with E-state index in [0.717, 1.165) is 5.56 Å². The molecule has 0 heterocycles. The van der Waals surface area contributed by atoms with Crippen LogP contribution in [0.2, 0.25) is 0 Å². The number of hydrogen-bond donors (Lipinski definition) is 1. The van der Waals surface area contributed by atoms with Gasteiger partial charge in [-0.1, -0.05) is 35.9 Å². The third kappa shape index (κ3) is 3.08. The Balaban J connectivity index is 2.03. The summed E-state index contributed by atoms with van der Waals surface area (Å²) in [5, 5.41) is 9.92. The lowest BCUT2D eigenvalue weighted by Crippen LogP contribution is -2.11. The van der Waals surface area contributed by atoms with Gasteiger partial charge in [0.05, 0.1) is 0 Å². The highest BCUT2D eigenvalue weighted by atomic mass is 19.1. The first-order chi connectivity index (χ1) is 8.66. The highest BCUT2D eigenvalue weighted by Crippen LogP contribution is 2.20. The number of ether oxygens (including phenoxy) is 1. The molecule has 1 N–H and O–H groups in total. The van der Waals surface area contributed by atoms with Gasteiger partial charge in [-0.15, -0.1) is 0 Å². The summed E-state index contributed by atoms with van der Waals surface area (Å²) in [6.07, 6.45) is -0.967. The summed E-state index contributed by atoms with van der Waals surface area (Å²) in [5.74, 6) is 0.245. The maximum absolute atomic E-state index is 13.5. The van der Waals surface area contributed by atoms with Crippen molar-refractivity contribution in [3.63, 3.8) is 0 Å².